The molecule has 0 aromatic heterocycles. The Kier molecular flexibility index (Phi) is 3.37. The molecule has 0 radical (unpaired) electrons. The van der Waals surface area contributed by atoms with Gasteiger partial charge in [-0.2, -0.15) is 0 Å². The molecular formula is C25H16NO4-. The first-order valence-corrected chi connectivity index (χ1v) is 9.95. The molecule has 4 aliphatic rings. The normalized spacial score (nSPS) is 25.7. The highest BCUT2D eigenvalue weighted by atomic mass is 16.4. The Labute approximate surface area is 172 Å². The fourth-order valence-corrected chi connectivity index (χ4v) is 5.76. The second kappa shape index (κ2) is 5.89. The molecule has 3 aromatic carbocycles. The standard InChI is InChI=1S/C25H17NO4/c27-23-21-19-13-7-1-2-8-14(13)20(16-10-4-3-9-15(16)19)22(21)24(28)26(23)18-12-6-5-11-17(18)25(29)30/h1-12,19-22H,(H,29,30)/p-1/t19?,20?,21-,22-/m0/s1. The van der Waals surface area contributed by atoms with Crippen molar-refractivity contribution in [2.45, 2.75) is 11.8 Å². The van der Waals surface area contributed by atoms with Crippen LogP contribution in [-0.2, 0) is 9.59 Å². The second-order valence-electron chi connectivity index (χ2n) is 8.08. The monoisotopic (exact) mass is 394 g/mol. The summed E-state index contributed by atoms with van der Waals surface area (Å²) in [7, 11) is 0. The van der Waals surface area contributed by atoms with Crippen LogP contribution in [0.1, 0.15) is 44.4 Å². The molecule has 30 heavy (non-hydrogen) atoms. The first-order chi connectivity index (χ1) is 14.6. The number of hydrogen-bond acceptors (Lipinski definition) is 4. The molecule has 0 unspecified atom stereocenters. The van der Waals surface area contributed by atoms with Gasteiger partial charge in [0.2, 0.25) is 11.8 Å². The number of carbonyl (C=O) groups excluding carboxylic acids is 3. The summed E-state index contributed by atoms with van der Waals surface area (Å²) < 4.78 is 0. The Balaban J connectivity index is 1.58. The number of hydrogen-bond donors (Lipinski definition) is 0. The summed E-state index contributed by atoms with van der Waals surface area (Å²) in [5, 5.41) is 11.6. The number of nitrogens with zero attached hydrogens (tertiary/aromatic N) is 1. The fourth-order valence-electron chi connectivity index (χ4n) is 5.76. The molecule has 0 spiro atoms. The van der Waals surface area contributed by atoms with Gasteiger partial charge in [0, 0.05) is 17.4 Å². The number of carbonyl (C=O) groups is 3. The Morgan fingerprint density at radius 1 is 0.667 bits per heavy atom. The van der Waals surface area contributed by atoms with E-state index < -0.39 is 17.8 Å². The summed E-state index contributed by atoms with van der Waals surface area (Å²) in [6.07, 6.45) is 0. The lowest BCUT2D eigenvalue weighted by Gasteiger charge is -2.45. The molecular weight excluding hydrogens is 378 g/mol. The number of carboxylic acid groups (broad SMARTS) is 1. The van der Waals surface area contributed by atoms with Crippen molar-refractivity contribution in [2.24, 2.45) is 11.8 Å². The van der Waals surface area contributed by atoms with Gasteiger partial charge in [0.25, 0.3) is 0 Å². The molecule has 7 rings (SSSR count). The smallest absolute Gasteiger partial charge is 0.238 e. The van der Waals surface area contributed by atoms with Gasteiger partial charge in [0.1, 0.15) is 0 Å². The summed E-state index contributed by atoms with van der Waals surface area (Å²) in [5.74, 6) is -3.59. The van der Waals surface area contributed by atoms with E-state index in [9.17, 15) is 19.5 Å². The summed E-state index contributed by atoms with van der Waals surface area (Å²) >= 11 is 0. The summed E-state index contributed by atoms with van der Waals surface area (Å²) in [6.45, 7) is 0. The molecule has 1 fully saturated rings. The average molecular weight is 394 g/mol. The van der Waals surface area contributed by atoms with Crippen molar-refractivity contribution in [2.75, 3.05) is 4.90 Å². The molecule has 3 aromatic rings. The molecule has 5 heteroatoms. The zero-order chi connectivity index (χ0) is 20.6. The lowest BCUT2D eigenvalue weighted by atomic mass is 9.55. The highest BCUT2D eigenvalue weighted by molar-refractivity contribution is 6.25. The summed E-state index contributed by atoms with van der Waals surface area (Å²) in [4.78, 5) is 40.0. The van der Waals surface area contributed by atoms with Gasteiger partial charge < -0.3 is 9.90 Å². The lowest BCUT2D eigenvalue weighted by Crippen LogP contribution is -2.41. The van der Waals surface area contributed by atoms with Crippen LogP contribution in [0.3, 0.4) is 0 Å². The minimum Gasteiger partial charge on any atom is -0.545 e. The molecule has 2 atom stereocenters. The van der Waals surface area contributed by atoms with Gasteiger partial charge >= 0.3 is 0 Å². The summed E-state index contributed by atoms with van der Waals surface area (Å²) in [6, 6.07) is 22.0. The van der Waals surface area contributed by atoms with E-state index >= 15 is 0 Å². The predicted octanol–water partition coefficient (Wildman–Crippen LogP) is 2.45. The van der Waals surface area contributed by atoms with Crippen molar-refractivity contribution in [3.05, 3.63) is 101 Å². The number of amides is 2. The third-order valence-corrected chi connectivity index (χ3v) is 6.81. The average Bonchev–Trinajstić information content (AvgIpc) is 3.04. The van der Waals surface area contributed by atoms with Gasteiger partial charge in [0.05, 0.1) is 23.5 Å². The number of rotatable bonds is 2. The van der Waals surface area contributed by atoms with Crippen molar-refractivity contribution in [3.8, 4) is 0 Å². The summed E-state index contributed by atoms with van der Waals surface area (Å²) in [5.41, 5.74) is 4.27. The van der Waals surface area contributed by atoms with Crippen LogP contribution in [0.15, 0.2) is 72.8 Å². The zero-order valence-corrected chi connectivity index (χ0v) is 15.8. The van der Waals surface area contributed by atoms with E-state index in [4.69, 9.17) is 0 Å². The van der Waals surface area contributed by atoms with Crippen molar-refractivity contribution in [1.82, 2.24) is 0 Å². The number of anilines is 1. The molecule has 0 N–H and O–H groups in total. The molecule has 1 heterocycles. The van der Waals surface area contributed by atoms with Gasteiger partial charge in [-0.25, -0.2) is 4.90 Å². The SMILES string of the molecule is O=C([O-])c1ccccc1N1C(=O)[C@H]2C3c4ccccc4C(c4ccccc43)[C@@H]2C1=O. The highest BCUT2D eigenvalue weighted by Gasteiger charge is 2.61. The third-order valence-electron chi connectivity index (χ3n) is 6.81. The first-order valence-electron chi connectivity index (χ1n) is 9.95. The maximum absolute atomic E-state index is 13.6. The Morgan fingerprint density at radius 2 is 1.07 bits per heavy atom. The van der Waals surface area contributed by atoms with Crippen LogP contribution in [0.2, 0.25) is 0 Å². The maximum atomic E-state index is 13.6. The van der Waals surface area contributed by atoms with Crippen LogP contribution in [0.25, 0.3) is 0 Å². The molecule has 1 saturated heterocycles. The number of imide groups is 1. The maximum Gasteiger partial charge on any atom is 0.238 e. The van der Waals surface area contributed by atoms with E-state index in [1.807, 2.05) is 48.5 Å². The van der Waals surface area contributed by atoms with Crippen molar-refractivity contribution in [3.63, 3.8) is 0 Å². The Bertz CT molecular complexity index is 1150. The number of para-hydroxylation sites is 1. The van der Waals surface area contributed by atoms with Crippen molar-refractivity contribution < 1.29 is 19.5 Å². The van der Waals surface area contributed by atoms with Gasteiger partial charge in [-0.05, 0) is 28.3 Å². The van der Waals surface area contributed by atoms with Gasteiger partial charge in [0.15, 0.2) is 0 Å². The van der Waals surface area contributed by atoms with E-state index in [-0.39, 0.29) is 34.9 Å². The number of carboxylic acids is 1. The van der Waals surface area contributed by atoms with Crippen molar-refractivity contribution in [1.29, 1.82) is 0 Å². The topological polar surface area (TPSA) is 77.5 Å². The van der Waals surface area contributed by atoms with E-state index in [0.29, 0.717) is 0 Å². The highest BCUT2D eigenvalue weighted by Crippen LogP contribution is 2.61. The van der Waals surface area contributed by atoms with Crippen LogP contribution < -0.4 is 10.0 Å². The first kappa shape index (κ1) is 17.2. The largest absolute Gasteiger partial charge is 0.545 e. The number of aromatic carboxylic acids is 1. The van der Waals surface area contributed by atoms with E-state index in [0.717, 1.165) is 27.2 Å². The Morgan fingerprint density at radius 3 is 1.50 bits per heavy atom. The fraction of sp³-hybridized carbons (Fsp3) is 0.160. The van der Waals surface area contributed by atoms with Gasteiger partial charge in [-0.3, -0.25) is 9.59 Å². The second-order valence-corrected chi connectivity index (χ2v) is 8.08. The quantitative estimate of drug-likeness (QED) is 0.626. The van der Waals surface area contributed by atoms with E-state index in [1.165, 1.54) is 12.1 Å². The lowest BCUT2D eigenvalue weighted by molar-refractivity contribution is -0.254. The van der Waals surface area contributed by atoms with Crippen molar-refractivity contribution >= 4 is 23.5 Å². The molecule has 146 valence electrons. The molecule has 0 saturated carbocycles. The molecule has 3 aliphatic carbocycles. The number of benzene rings is 3. The minimum absolute atomic E-state index is 0.0920. The zero-order valence-electron chi connectivity index (χ0n) is 15.8. The van der Waals surface area contributed by atoms with Crippen LogP contribution >= 0.6 is 0 Å². The van der Waals surface area contributed by atoms with Gasteiger partial charge in [-0.15, -0.1) is 0 Å². The molecule has 1 aliphatic heterocycles. The molecule has 2 bridgehead atoms. The van der Waals surface area contributed by atoms with Crippen LogP contribution in [0.5, 0.6) is 0 Å². The Hall–Kier alpha value is -3.73. The van der Waals surface area contributed by atoms with Gasteiger partial charge in [-0.1, -0.05) is 66.7 Å². The predicted molar refractivity (Wildman–Crippen MR) is 107 cm³/mol. The van der Waals surface area contributed by atoms with Crippen LogP contribution in [-0.4, -0.2) is 17.8 Å². The third kappa shape index (κ3) is 1.99. The molecule has 5 nitrogen and oxygen atoms in total. The van der Waals surface area contributed by atoms with Crippen LogP contribution in [0.4, 0.5) is 5.69 Å². The van der Waals surface area contributed by atoms with Crippen LogP contribution in [0, 0.1) is 11.8 Å². The minimum atomic E-state index is -1.41. The van der Waals surface area contributed by atoms with E-state index in [2.05, 4.69) is 0 Å². The van der Waals surface area contributed by atoms with E-state index in [1.54, 1.807) is 12.1 Å². The molecule has 2 amide bonds.